The Labute approximate surface area is 146 Å². The smallest absolute Gasteiger partial charge is 0.308 e. The number of hydrogen-bond donors (Lipinski definition) is 1. The molecule has 2 aliphatic rings. The second kappa shape index (κ2) is 7.74. The van der Waals surface area contributed by atoms with E-state index in [0.29, 0.717) is 49.8 Å². The highest BCUT2D eigenvalue weighted by Gasteiger charge is 2.42. The van der Waals surface area contributed by atoms with Crippen LogP contribution in [0.4, 0.5) is 0 Å². The zero-order chi connectivity index (χ0) is 17.8. The summed E-state index contributed by atoms with van der Waals surface area (Å²) in [6, 6.07) is 4.86. The number of carboxylic acids is 1. The fraction of sp³-hybridized carbons (Fsp3) is 0.556. The van der Waals surface area contributed by atoms with Crippen LogP contribution in [-0.4, -0.2) is 55.4 Å². The first-order valence-electron chi connectivity index (χ1n) is 8.53. The van der Waals surface area contributed by atoms with Gasteiger partial charge in [0.2, 0.25) is 5.91 Å². The second-order valence-electron chi connectivity index (χ2n) is 6.23. The third kappa shape index (κ3) is 3.56. The van der Waals surface area contributed by atoms with Crippen LogP contribution in [0.5, 0.6) is 11.5 Å². The maximum absolute atomic E-state index is 12.5. The number of methoxy groups -OCH3 is 1. The lowest BCUT2D eigenvalue weighted by Gasteiger charge is -2.40. The second-order valence-corrected chi connectivity index (χ2v) is 6.23. The van der Waals surface area contributed by atoms with E-state index in [1.807, 2.05) is 18.2 Å². The zero-order valence-electron chi connectivity index (χ0n) is 14.3. The van der Waals surface area contributed by atoms with Gasteiger partial charge in [0.25, 0.3) is 0 Å². The lowest BCUT2D eigenvalue weighted by Crippen LogP contribution is -2.46. The van der Waals surface area contributed by atoms with Crippen molar-refractivity contribution in [2.45, 2.75) is 25.3 Å². The number of piperidine rings is 1. The predicted octanol–water partition coefficient (Wildman–Crippen LogP) is 1.86. The van der Waals surface area contributed by atoms with Crippen molar-refractivity contribution in [3.63, 3.8) is 0 Å². The van der Waals surface area contributed by atoms with Gasteiger partial charge in [-0.05, 0) is 12.5 Å². The molecular formula is C18H23NO6. The van der Waals surface area contributed by atoms with Crippen molar-refractivity contribution in [2.24, 2.45) is 5.92 Å². The van der Waals surface area contributed by atoms with Gasteiger partial charge in [-0.2, -0.15) is 0 Å². The highest BCUT2D eigenvalue weighted by molar-refractivity contribution is 5.82. The van der Waals surface area contributed by atoms with Gasteiger partial charge < -0.3 is 24.2 Å². The molecule has 0 unspecified atom stereocenters. The van der Waals surface area contributed by atoms with Gasteiger partial charge in [0.05, 0.1) is 31.8 Å². The zero-order valence-corrected chi connectivity index (χ0v) is 14.3. The third-order valence-corrected chi connectivity index (χ3v) is 4.68. The SMILES string of the molecule is COCCN1C(=O)CC[C@H](C(=O)O)[C@H]1c1cccc2c1OCCCO2. The Morgan fingerprint density at radius 2 is 2.16 bits per heavy atom. The predicted molar refractivity (Wildman–Crippen MR) is 88.7 cm³/mol. The van der Waals surface area contributed by atoms with Crippen LogP contribution in [0.1, 0.15) is 30.9 Å². The van der Waals surface area contributed by atoms with Gasteiger partial charge in [0, 0.05) is 32.1 Å². The number of carbonyl (C=O) groups excluding carboxylic acids is 1. The number of carboxylic acid groups (broad SMARTS) is 1. The van der Waals surface area contributed by atoms with Crippen molar-refractivity contribution in [1.82, 2.24) is 4.90 Å². The van der Waals surface area contributed by atoms with Gasteiger partial charge in [-0.25, -0.2) is 0 Å². The number of nitrogens with zero attached hydrogens (tertiary/aromatic N) is 1. The van der Waals surface area contributed by atoms with E-state index in [9.17, 15) is 14.7 Å². The maximum atomic E-state index is 12.5. The molecule has 1 saturated heterocycles. The molecule has 0 spiro atoms. The molecule has 2 atom stereocenters. The Morgan fingerprint density at radius 3 is 2.92 bits per heavy atom. The fourth-order valence-corrected chi connectivity index (χ4v) is 3.50. The minimum absolute atomic E-state index is 0.0632. The van der Waals surface area contributed by atoms with Gasteiger partial charge in [0.15, 0.2) is 11.5 Å². The summed E-state index contributed by atoms with van der Waals surface area (Å²) in [5, 5.41) is 9.72. The summed E-state index contributed by atoms with van der Waals surface area (Å²) in [4.78, 5) is 26.0. The topological polar surface area (TPSA) is 85.3 Å². The fourth-order valence-electron chi connectivity index (χ4n) is 3.50. The summed E-state index contributed by atoms with van der Waals surface area (Å²) in [5.41, 5.74) is 0.691. The molecule has 25 heavy (non-hydrogen) atoms. The molecule has 1 aromatic rings. The number of amides is 1. The van der Waals surface area contributed by atoms with Crippen molar-refractivity contribution in [1.29, 1.82) is 0 Å². The van der Waals surface area contributed by atoms with Crippen LogP contribution in [0.25, 0.3) is 0 Å². The molecular weight excluding hydrogens is 326 g/mol. The van der Waals surface area contributed by atoms with Crippen LogP contribution >= 0.6 is 0 Å². The standard InChI is InChI=1S/C18H23NO6/c1-23-11-8-19-15(20)7-6-13(18(21)22)16(19)12-4-2-5-14-17(12)25-10-3-9-24-14/h2,4-5,13,16H,3,6-11H2,1H3,(H,21,22)/t13-,16+/m0/s1. The molecule has 0 bridgehead atoms. The van der Waals surface area contributed by atoms with E-state index in [2.05, 4.69) is 0 Å². The molecule has 1 N–H and O–H groups in total. The van der Waals surface area contributed by atoms with Crippen molar-refractivity contribution in [3.8, 4) is 11.5 Å². The van der Waals surface area contributed by atoms with Gasteiger partial charge in [0.1, 0.15) is 0 Å². The number of benzene rings is 1. The van der Waals surface area contributed by atoms with Crippen molar-refractivity contribution >= 4 is 11.9 Å². The van der Waals surface area contributed by atoms with Crippen LogP contribution in [0.15, 0.2) is 18.2 Å². The number of fused-ring (bicyclic) bond motifs is 1. The average molecular weight is 349 g/mol. The Hall–Kier alpha value is -2.28. The minimum atomic E-state index is -0.910. The quantitative estimate of drug-likeness (QED) is 0.873. The number of likely N-dealkylation sites (tertiary alicyclic amines) is 1. The number of aliphatic carboxylic acids is 1. The van der Waals surface area contributed by atoms with E-state index in [1.54, 1.807) is 12.0 Å². The lowest BCUT2D eigenvalue weighted by atomic mass is 9.83. The molecule has 2 heterocycles. The van der Waals surface area contributed by atoms with E-state index in [4.69, 9.17) is 14.2 Å². The van der Waals surface area contributed by atoms with Crippen LogP contribution in [-0.2, 0) is 14.3 Å². The van der Waals surface area contributed by atoms with Crippen molar-refractivity contribution in [3.05, 3.63) is 23.8 Å². The summed E-state index contributed by atoms with van der Waals surface area (Å²) in [7, 11) is 1.56. The van der Waals surface area contributed by atoms with E-state index in [-0.39, 0.29) is 12.3 Å². The highest BCUT2D eigenvalue weighted by atomic mass is 16.5. The first-order valence-corrected chi connectivity index (χ1v) is 8.53. The van der Waals surface area contributed by atoms with Crippen molar-refractivity contribution < 1.29 is 28.9 Å². The molecule has 0 aromatic heterocycles. The van der Waals surface area contributed by atoms with Gasteiger partial charge >= 0.3 is 5.97 Å². The molecule has 1 fully saturated rings. The number of carbonyl (C=O) groups is 2. The Morgan fingerprint density at radius 1 is 1.36 bits per heavy atom. The molecule has 0 radical (unpaired) electrons. The van der Waals surface area contributed by atoms with Crippen LogP contribution in [0.2, 0.25) is 0 Å². The number of ether oxygens (including phenoxy) is 3. The Balaban J connectivity index is 2.05. The highest BCUT2D eigenvalue weighted by Crippen LogP contribution is 2.44. The molecule has 0 aliphatic carbocycles. The van der Waals surface area contributed by atoms with Gasteiger partial charge in [-0.15, -0.1) is 0 Å². The maximum Gasteiger partial charge on any atom is 0.308 e. The van der Waals surface area contributed by atoms with E-state index < -0.39 is 17.9 Å². The number of para-hydroxylation sites is 1. The first-order chi connectivity index (χ1) is 12.1. The average Bonchev–Trinajstić information content (AvgIpc) is 2.85. The summed E-state index contributed by atoms with van der Waals surface area (Å²) in [6.45, 7) is 1.74. The monoisotopic (exact) mass is 349 g/mol. The molecule has 7 heteroatoms. The lowest BCUT2D eigenvalue weighted by molar-refractivity contribution is -0.152. The molecule has 0 saturated carbocycles. The molecule has 7 nitrogen and oxygen atoms in total. The van der Waals surface area contributed by atoms with E-state index in [0.717, 1.165) is 6.42 Å². The summed E-state index contributed by atoms with van der Waals surface area (Å²) in [6.07, 6.45) is 1.30. The van der Waals surface area contributed by atoms with E-state index in [1.165, 1.54) is 0 Å². The summed E-state index contributed by atoms with van der Waals surface area (Å²) >= 11 is 0. The molecule has 1 amide bonds. The minimum Gasteiger partial charge on any atom is -0.490 e. The summed E-state index contributed by atoms with van der Waals surface area (Å²) < 4.78 is 16.7. The van der Waals surface area contributed by atoms with Crippen LogP contribution < -0.4 is 9.47 Å². The molecule has 1 aromatic carbocycles. The largest absolute Gasteiger partial charge is 0.490 e. The summed E-state index contributed by atoms with van der Waals surface area (Å²) in [5.74, 6) is -0.510. The van der Waals surface area contributed by atoms with Gasteiger partial charge in [-0.3, -0.25) is 9.59 Å². The molecule has 3 rings (SSSR count). The first kappa shape index (κ1) is 17.5. The van der Waals surface area contributed by atoms with E-state index >= 15 is 0 Å². The van der Waals surface area contributed by atoms with Crippen molar-refractivity contribution in [2.75, 3.05) is 33.5 Å². The normalized spacial score (nSPS) is 23.2. The molecule has 2 aliphatic heterocycles. The third-order valence-electron chi connectivity index (χ3n) is 4.68. The number of hydrogen-bond acceptors (Lipinski definition) is 5. The Bertz CT molecular complexity index is 646. The number of rotatable bonds is 5. The molecule has 136 valence electrons. The Kier molecular flexibility index (Phi) is 5.43. The van der Waals surface area contributed by atoms with Crippen LogP contribution in [0, 0.1) is 5.92 Å². The van der Waals surface area contributed by atoms with Crippen LogP contribution in [0.3, 0.4) is 0 Å². The van der Waals surface area contributed by atoms with Gasteiger partial charge in [-0.1, -0.05) is 12.1 Å².